The molecular formula is C12H12N2O2S2. The highest BCUT2D eigenvalue weighted by Crippen LogP contribution is 2.22. The number of amidine groups is 1. The Morgan fingerprint density at radius 3 is 2.94 bits per heavy atom. The number of terminal acetylenes is 1. The molecule has 0 radical (unpaired) electrons. The average molecular weight is 280 g/mol. The first kappa shape index (κ1) is 13.0. The van der Waals surface area contributed by atoms with Gasteiger partial charge in [-0.15, -0.1) is 18.2 Å². The van der Waals surface area contributed by atoms with Gasteiger partial charge >= 0.3 is 0 Å². The van der Waals surface area contributed by atoms with E-state index in [1.54, 1.807) is 36.0 Å². The molecule has 1 heterocycles. The third-order valence-electron chi connectivity index (χ3n) is 2.35. The number of aliphatic imine (C=N–C) groups is 1. The molecule has 0 unspecified atom stereocenters. The van der Waals surface area contributed by atoms with E-state index in [2.05, 4.69) is 15.6 Å². The molecule has 6 heteroatoms. The second-order valence-corrected chi connectivity index (χ2v) is 6.34. The van der Waals surface area contributed by atoms with Gasteiger partial charge in [-0.25, -0.2) is 8.42 Å². The second kappa shape index (κ2) is 5.46. The molecule has 1 N–H and O–H groups in total. The SMILES string of the molecule is C#CCSCCN=C1NS(=O)(=O)c2ccccc21. The van der Waals surface area contributed by atoms with Crippen LogP contribution in [-0.4, -0.2) is 32.3 Å². The second-order valence-electron chi connectivity index (χ2n) is 3.59. The lowest BCUT2D eigenvalue weighted by Crippen LogP contribution is -2.22. The summed E-state index contributed by atoms with van der Waals surface area (Å²) >= 11 is 1.60. The molecule has 0 amide bonds. The van der Waals surface area contributed by atoms with Gasteiger partial charge in [-0.05, 0) is 12.1 Å². The molecule has 1 aliphatic rings. The van der Waals surface area contributed by atoms with Crippen molar-refractivity contribution < 1.29 is 8.42 Å². The van der Waals surface area contributed by atoms with Crippen molar-refractivity contribution in [2.45, 2.75) is 4.90 Å². The molecule has 0 saturated carbocycles. The van der Waals surface area contributed by atoms with Gasteiger partial charge in [0, 0.05) is 11.3 Å². The van der Waals surface area contributed by atoms with Gasteiger partial charge < -0.3 is 0 Å². The molecule has 0 aliphatic carbocycles. The zero-order valence-electron chi connectivity index (χ0n) is 9.59. The molecule has 4 nitrogen and oxygen atoms in total. The number of hydrogen-bond donors (Lipinski definition) is 1. The summed E-state index contributed by atoms with van der Waals surface area (Å²) in [6.07, 6.45) is 5.13. The predicted molar refractivity (Wildman–Crippen MR) is 74.3 cm³/mol. The molecule has 0 bridgehead atoms. The number of hydrogen-bond acceptors (Lipinski definition) is 4. The Kier molecular flexibility index (Phi) is 3.94. The monoisotopic (exact) mass is 280 g/mol. The van der Waals surface area contributed by atoms with E-state index in [0.717, 1.165) is 5.75 Å². The van der Waals surface area contributed by atoms with Crippen molar-refractivity contribution in [2.24, 2.45) is 4.99 Å². The van der Waals surface area contributed by atoms with E-state index in [1.165, 1.54) is 0 Å². The summed E-state index contributed by atoms with van der Waals surface area (Å²) in [5, 5.41) is 0. The maximum atomic E-state index is 11.8. The molecule has 1 aromatic rings. The number of nitrogens with zero attached hydrogens (tertiary/aromatic N) is 1. The van der Waals surface area contributed by atoms with Crippen molar-refractivity contribution in [3.05, 3.63) is 29.8 Å². The van der Waals surface area contributed by atoms with Crippen molar-refractivity contribution in [3.63, 3.8) is 0 Å². The highest BCUT2D eigenvalue weighted by Gasteiger charge is 2.29. The van der Waals surface area contributed by atoms with Crippen LogP contribution in [0.25, 0.3) is 0 Å². The number of sulfonamides is 1. The minimum Gasteiger partial charge on any atom is -0.266 e. The van der Waals surface area contributed by atoms with Gasteiger partial charge in [-0.1, -0.05) is 18.1 Å². The third-order valence-corrected chi connectivity index (χ3v) is 4.59. The maximum absolute atomic E-state index is 11.8. The molecule has 18 heavy (non-hydrogen) atoms. The standard InChI is InChI=1S/C12H12N2O2S2/c1-2-8-17-9-7-13-12-10-5-3-4-6-11(10)18(15,16)14-12/h1,3-6H,7-9H2,(H,13,14). The molecule has 0 spiro atoms. The van der Waals surface area contributed by atoms with E-state index >= 15 is 0 Å². The van der Waals surface area contributed by atoms with E-state index in [9.17, 15) is 8.42 Å². The summed E-state index contributed by atoms with van der Waals surface area (Å²) < 4.78 is 26.0. The van der Waals surface area contributed by atoms with Crippen LogP contribution < -0.4 is 4.72 Å². The van der Waals surface area contributed by atoms with Gasteiger partial charge in [-0.3, -0.25) is 9.71 Å². The first-order valence-electron chi connectivity index (χ1n) is 5.33. The predicted octanol–water partition coefficient (Wildman–Crippen LogP) is 1.09. The summed E-state index contributed by atoms with van der Waals surface area (Å²) in [5.41, 5.74) is 0.638. The van der Waals surface area contributed by atoms with Gasteiger partial charge in [0.15, 0.2) is 0 Å². The Morgan fingerprint density at radius 2 is 2.17 bits per heavy atom. The third kappa shape index (κ3) is 2.68. The largest absolute Gasteiger partial charge is 0.266 e. The Bertz CT molecular complexity index is 615. The van der Waals surface area contributed by atoms with Crippen LogP contribution in [0.1, 0.15) is 5.56 Å². The van der Waals surface area contributed by atoms with Gasteiger partial charge in [0.2, 0.25) is 0 Å². The van der Waals surface area contributed by atoms with Crippen LogP contribution in [0, 0.1) is 12.3 Å². The highest BCUT2D eigenvalue weighted by atomic mass is 32.2. The van der Waals surface area contributed by atoms with Crippen molar-refractivity contribution in [3.8, 4) is 12.3 Å². The molecule has 0 atom stereocenters. The summed E-state index contributed by atoms with van der Waals surface area (Å²) in [4.78, 5) is 4.56. The fraction of sp³-hybridized carbons (Fsp3) is 0.250. The maximum Gasteiger partial charge on any atom is 0.263 e. The fourth-order valence-corrected chi connectivity index (χ4v) is 3.34. The highest BCUT2D eigenvalue weighted by molar-refractivity contribution is 7.99. The minimum atomic E-state index is -3.42. The lowest BCUT2D eigenvalue weighted by atomic mass is 10.2. The van der Waals surface area contributed by atoms with Gasteiger partial charge in [-0.2, -0.15) is 0 Å². The van der Waals surface area contributed by atoms with Crippen LogP contribution in [0.5, 0.6) is 0 Å². The fourth-order valence-electron chi connectivity index (χ4n) is 1.60. The zero-order chi connectivity index (χ0) is 13.0. The van der Waals surface area contributed by atoms with Crippen LogP contribution in [0.3, 0.4) is 0 Å². The van der Waals surface area contributed by atoms with Crippen LogP contribution in [0.4, 0.5) is 0 Å². The number of rotatable bonds is 4. The van der Waals surface area contributed by atoms with Crippen molar-refractivity contribution in [1.29, 1.82) is 0 Å². The Balaban J connectivity index is 2.13. The topological polar surface area (TPSA) is 58.5 Å². The van der Waals surface area contributed by atoms with E-state index in [4.69, 9.17) is 6.42 Å². The van der Waals surface area contributed by atoms with Gasteiger partial charge in [0.05, 0.1) is 17.2 Å². The van der Waals surface area contributed by atoms with Gasteiger partial charge in [0.25, 0.3) is 10.0 Å². The number of nitrogens with one attached hydrogen (secondary N) is 1. The Morgan fingerprint density at radius 1 is 1.39 bits per heavy atom. The zero-order valence-corrected chi connectivity index (χ0v) is 11.2. The van der Waals surface area contributed by atoms with Crippen molar-refractivity contribution in [1.82, 2.24) is 4.72 Å². The van der Waals surface area contributed by atoms with E-state index in [-0.39, 0.29) is 0 Å². The van der Waals surface area contributed by atoms with Crippen LogP contribution in [-0.2, 0) is 10.0 Å². The minimum absolute atomic E-state index is 0.292. The summed E-state index contributed by atoms with van der Waals surface area (Å²) in [6, 6.07) is 6.82. The smallest absolute Gasteiger partial charge is 0.263 e. The molecular weight excluding hydrogens is 268 g/mol. The molecule has 1 aromatic carbocycles. The number of fused-ring (bicyclic) bond motifs is 1. The van der Waals surface area contributed by atoms with Crippen molar-refractivity contribution in [2.75, 3.05) is 18.1 Å². The first-order valence-corrected chi connectivity index (χ1v) is 7.97. The quantitative estimate of drug-likeness (QED) is 0.663. The summed E-state index contributed by atoms with van der Waals surface area (Å²) in [6.45, 7) is 0.540. The van der Waals surface area contributed by atoms with Crippen LogP contribution in [0.15, 0.2) is 34.2 Å². The molecule has 0 aromatic heterocycles. The number of thioether (sulfide) groups is 1. The first-order chi connectivity index (χ1) is 8.65. The molecule has 0 saturated heterocycles. The van der Waals surface area contributed by atoms with E-state index < -0.39 is 10.0 Å². The molecule has 94 valence electrons. The molecule has 0 fully saturated rings. The van der Waals surface area contributed by atoms with E-state index in [0.29, 0.717) is 28.6 Å². The van der Waals surface area contributed by atoms with Crippen molar-refractivity contribution >= 4 is 27.6 Å². The lowest BCUT2D eigenvalue weighted by Gasteiger charge is -1.98. The molecule has 2 rings (SSSR count). The molecule has 1 aliphatic heterocycles. The van der Waals surface area contributed by atoms with E-state index in [1.807, 2.05) is 0 Å². The normalized spacial score (nSPS) is 18.1. The Hall–Kier alpha value is -1.45. The van der Waals surface area contributed by atoms with Crippen LogP contribution in [0.2, 0.25) is 0 Å². The Labute approximate surface area is 111 Å². The average Bonchev–Trinajstić information content (AvgIpc) is 2.62. The summed E-state index contributed by atoms with van der Waals surface area (Å²) in [5.74, 6) is 4.37. The van der Waals surface area contributed by atoms with Gasteiger partial charge in [0.1, 0.15) is 5.84 Å². The van der Waals surface area contributed by atoms with Crippen LogP contribution >= 0.6 is 11.8 Å². The lowest BCUT2D eigenvalue weighted by molar-refractivity contribution is 0.595. The number of benzene rings is 1. The summed E-state index contributed by atoms with van der Waals surface area (Å²) in [7, 11) is -3.42.